The van der Waals surface area contributed by atoms with E-state index in [9.17, 15) is 9.59 Å². The zero-order chi connectivity index (χ0) is 19.9. The Morgan fingerprint density at radius 2 is 2.00 bits per heavy atom. The first-order valence-corrected chi connectivity index (χ1v) is 9.73. The van der Waals surface area contributed by atoms with Crippen LogP contribution in [-0.4, -0.2) is 47.7 Å². The highest BCUT2D eigenvalue weighted by molar-refractivity contribution is 5.70. The van der Waals surface area contributed by atoms with Gasteiger partial charge in [-0.15, -0.1) is 0 Å². The lowest BCUT2D eigenvalue weighted by Gasteiger charge is -2.34. The van der Waals surface area contributed by atoms with E-state index in [0.29, 0.717) is 12.3 Å². The fraction of sp³-hybridized carbons (Fsp3) is 0.667. The average Bonchev–Trinajstić information content (AvgIpc) is 2.64. The van der Waals surface area contributed by atoms with Crippen molar-refractivity contribution in [2.75, 3.05) is 20.2 Å². The number of esters is 1. The molecule has 1 aliphatic heterocycles. The number of nitrogens with zero attached hydrogens (tertiary/aromatic N) is 2. The van der Waals surface area contributed by atoms with Crippen LogP contribution in [0.4, 0.5) is 4.79 Å². The van der Waals surface area contributed by atoms with Crippen molar-refractivity contribution in [3.63, 3.8) is 0 Å². The Bertz CT molecular complexity index is 604. The minimum Gasteiger partial charge on any atom is -0.469 e. The second kappa shape index (κ2) is 9.72. The van der Waals surface area contributed by atoms with E-state index in [1.165, 1.54) is 7.11 Å². The van der Waals surface area contributed by atoms with Crippen molar-refractivity contribution in [2.45, 2.75) is 64.4 Å². The Kier molecular flexibility index (Phi) is 7.63. The Morgan fingerprint density at radius 1 is 1.30 bits per heavy atom. The molecule has 1 fully saturated rings. The fourth-order valence-electron chi connectivity index (χ4n) is 3.46. The van der Waals surface area contributed by atoms with Crippen LogP contribution < -0.4 is 0 Å². The molecule has 1 aromatic heterocycles. The van der Waals surface area contributed by atoms with Crippen molar-refractivity contribution in [2.24, 2.45) is 5.92 Å². The Labute approximate surface area is 162 Å². The highest BCUT2D eigenvalue weighted by Gasteiger charge is 2.27. The minimum atomic E-state index is -0.460. The number of hydrogen-bond acceptors (Lipinski definition) is 5. The summed E-state index contributed by atoms with van der Waals surface area (Å²) < 4.78 is 10.3. The smallest absolute Gasteiger partial charge is 0.410 e. The summed E-state index contributed by atoms with van der Waals surface area (Å²) in [5.41, 5.74) is 0.618. The van der Waals surface area contributed by atoms with Gasteiger partial charge in [0.1, 0.15) is 5.60 Å². The lowest BCUT2D eigenvalue weighted by atomic mass is 9.85. The summed E-state index contributed by atoms with van der Waals surface area (Å²) in [6.45, 7) is 7.12. The number of ether oxygens (including phenoxy) is 2. The molecule has 1 amide bonds. The molecule has 6 nitrogen and oxygen atoms in total. The van der Waals surface area contributed by atoms with Crippen molar-refractivity contribution in [1.82, 2.24) is 9.88 Å². The molecule has 0 aromatic carbocycles. The Balaban J connectivity index is 1.84. The first-order valence-electron chi connectivity index (χ1n) is 9.73. The van der Waals surface area contributed by atoms with Gasteiger partial charge in [0.05, 0.1) is 13.5 Å². The largest absolute Gasteiger partial charge is 0.469 e. The van der Waals surface area contributed by atoms with Crippen molar-refractivity contribution < 1.29 is 19.1 Å². The van der Waals surface area contributed by atoms with Gasteiger partial charge in [0.25, 0.3) is 0 Å². The van der Waals surface area contributed by atoms with Crippen molar-refractivity contribution >= 4 is 12.1 Å². The van der Waals surface area contributed by atoms with Gasteiger partial charge in [-0.2, -0.15) is 0 Å². The summed E-state index contributed by atoms with van der Waals surface area (Å²) >= 11 is 0. The SMILES string of the molecule is COC(=O)CC(CCC1CCN(C(=O)OC(C)(C)C)CC1)c1cccnc1. The highest BCUT2D eigenvalue weighted by atomic mass is 16.6. The number of rotatable bonds is 6. The second-order valence-electron chi connectivity index (χ2n) is 8.25. The van der Waals surface area contributed by atoms with Gasteiger partial charge in [-0.3, -0.25) is 9.78 Å². The van der Waals surface area contributed by atoms with Crippen LogP contribution in [0, 0.1) is 5.92 Å². The number of aromatic nitrogens is 1. The number of pyridine rings is 1. The number of amides is 1. The van der Waals surface area contributed by atoms with E-state index in [2.05, 4.69) is 4.98 Å². The van der Waals surface area contributed by atoms with Crippen LogP contribution in [0.3, 0.4) is 0 Å². The molecule has 0 radical (unpaired) electrons. The normalized spacial score (nSPS) is 16.7. The molecule has 0 bridgehead atoms. The molecule has 1 unspecified atom stereocenters. The third-order valence-corrected chi connectivity index (χ3v) is 4.99. The summed E-state index contributed by atoms with van der Waals surface area (Å²) in [6, 6.07) is 3.92. The van der Waals surface area contributed by atoms with Crippen LogP contribution in [0.25, 0.3) is 0 Å². The van der Waals surface area contributed by atoms with E-state index in [0.717, 1.165) is 44.3 Å². The van der Waals surface area contributed by atoms with Gasteiger partial charge in [-0.1, -0.05) is 6.07 Å². The van der Waals surface area contributed by atoms with E-state index in [1.807, 2.05) is 39.1 Å². The van der Waals surface area contributed by atoms with E-state index >= 15 is 0 Å². The zero-order valence-corrected chi connectivity index (χ0v) is 16.9. The van der Waals surface area contributed by atoms with Gasteiger partial charge in [-0.05, 0) is 69.9 Å². The van der Waals surface area contributed by atoms with Crippen LogP contribution in [0.15, 0.2) is 24.5 Å². The molecule has 6 heteroatoms. The first kappa shape index (κ1) is 21.2. The van der Waals surface area contributed by atoms with E-state index in [1.54, 1.807) is 11.1 Å². The Morgan fingerprint density at radius 3 is 2.56 bits per heavy atom. The quantitative estimate of drug-likeness (QED) is 0.698. The molecule has 1 atom stereocenters. The van der Waals surface area contributed by atoms with Crippen molar-refractivity contribution in [1.29, 1.82) is 0 Å². The standard InChI is InChI=1S/C21H32N2O4/c1-21(2,3)27-20(25)23-12-9-16(10-13-23)7-8-17(14-19(24)26-4)18-6-5-11-22-15-18/h5-6,11,15-17H,7-10,12-14H2,1-4H3. The molecule has 27 heavy (non-hydrogen) atoms. The molecule has 1 aliphatic rings. The molecule has 0 aliphatic carbocycles. The van der Waals surface area contributed by atoms with Crippen LogP contribution in [0.5, 0.6) is 0 Å². The lowest BCUT2D eigenvalue weighted by Crippen LogP contribution is -2.41. The number of hydrogen-bond donors (Lipinski definition) is 0. The number of carbonyl (C=O) groups excluding carboxylic acids is 2. The molecule has 1 saturated heterocycles. The number of methoxy groups -OCH3 is 1. The molecule has 0 spiro atoms. The van der Waals surface area contributed by atoms with Gasteiger partial charge in [0, 0.05) is 25.5 Å². The number of likely N-dealkylation sites (tertiary alicyclic amines) is 1. The Hall–Kier alpha value is -2.11. The maximum absolute atomic E-state index is 12.2. The summed E-state index contributed by atoms with van der Waals surface area (Å²) in [6.07, 6.45) is 7.60. The maximum atomic E-state index is 12.2. The summed E-state index contributed by atoms with van der Waals surface area (Å²) in [7, 11) is 1.43. The first-order chi connectivity index (χ1) is 12.8. The van der Waals surface area contributed by atoms with Gasteiger partial charge in [0.2, 0.25) is 0 Å². The molecular formula is C21H32N2O4. The van der Waals surface area contributed by atoms with Crippen molar-refractivity contribution in [3.05, 3.63) is 30.1 Å². The van der Waals surface area contributed by atoms with Crippen LogP contribution in [0.2, 0.25) is 0 Å². The van der Waals surface area contributed by atoms with Crippen LogP contribution >= 0.6 is 0 Å². The summed E-state index contributed by atoms with van der Waals surface area (Å²) in [5, 5.41) is 0. The third-order valence-electron chi connectivity index (χ3n) is 4.99. The number of carbonyl (C=O) groups is 2. The topological polar surface area (TPSA) is 68.7 Å². The lowest BCUT2D eigenvalue weighted by molar-refractivity contribution is -0.141. The monoisotopic (exact) mass is 376 g/mol. The predicted octanol–water partition coefficient (Wildman–Crippen LogP) is 4.16. The molecule has 0 N–H and O–H groups in total. The van der Waals surface area contributed by atoms with E-state index < -0.39 is 5.60 Å². The van der Waals surface area contributed by atoms with Crippen molar-refractivity contribution in [3.8, 4) is 0 Å². The molecule has 150 valence electrons. The third kappa shape index (κ3) is 7.19. The maximum Gasteiger partial charge on any atom is 0.410 e. The molecule has 2 rings (SSSR count). The molecule has 2 heterocycles. The second-order valence-corrected chi connectivity index (χ2v) is 8.25. The predicted molar refractivity (Wildman–Crippen MR) is 103 cm³/mol. The van der Waals surface area contributed by atoms with Gasteiger partial charge in [-0.25, -0.2) is 4.79 Å². The highest BCUT2D eigenvalue weighted by Crippen LogP contribution is 2.30. The van der Waals surface area contributed by atoms with Crippen LogP contribution in [-0.2, 0) is 14.3 Å². The molecular weight excluding hydrogens is 344 g/mol. The summed E-state index contributed by atoms with van der Waals surface area (Å²) in [4.78, 5) is 29.9. The molecule has 0 saturated carbocycles. The van der Waals surface area contributed by atoms with Gasteiger partial charge >= 0.3 is 12.1 Å². The van der Waals surface area contributed by atoms with Crippen LogP contribution in [0.1, 0.15) is 64.4 Å². The molecule has 1 aromatic rings. The van der Waals surface area contributed by atoms with E-state index in [-0.39, 0.29) is 18.0 Å². The summed E-state index contributed by atoms with van der Waals surface area (Å²) in [5.74, 6) is 0.485. The minimum absolute atomic E-state index is 0.120. The van der Waals surface area contributed by atoms with E-state index in [4.69, 9.17) is 9.47 Å². The zero-order valence-electron chi connectivity index (χ0n) is 16.9. The van der Waals surface area contributed by atoms with Gasteiger partial charge < -0.3 is 14.4 Å². The number of piperidine rings is 1. The fourth-order valence-corrected chi connectivity index (χ4v) is 3.46. The average molecular weight is 376 g/mol. The van der Waals surface area contributed by atoms with Gasteiger partial charge in [0.15, 0.2) is 0 Å².